The average Bonchev–Trinajstić information content (AvgIpc) is 2.81. The third-order valence-electron chi connectivity index (χ3n) is 5.09. The van der Waals surface area contributed by atoms with Crippen LogP contribution in [0.5, 0.6) is 5.75 Å². The van der Waals surface area contributed by atoms with Crippen molar-refractivity contribution in [1.29, 1.82) is 0 Å². The molecule has 172 valence electrons. The molecule has 33 heavy (non-hydrogen) atoms. The molecule has 0 heterocycles. The number of carboxylic acid groups (broad SMARTS) is 1. The van der Waals surface area contributed by atoms with E-state index in [1.54, 1.807) is 48.5 Å². The molecular weight excluding hydrogens is 422 g/mol. The number of nitrogens with one attached hydrogen (secondary N) is 1. The fourth-order valence-corrected chi connectivity index (χ4v) is 3.66. The van der Waals surface area contributed by atoms with Crippen molar-refractivity contribution < 1.29 is 29.3 Å². The summed E-state index contributed by atoms with van der Waals surface area (Å²) in [5.74, 6) is -0.901. The smallest absolute Gasteiger partial charge is 0.412 e. The third kappa shape index (κ3) is 6.57. The number of carboxylic acids is 1. The highest BCUT2D eigenvalue weighted by Crippen LogP contribution is 2.36. The zero-order valence-electron chi connectivity index (χ0n) is 18.3. The van der Waals surface area contributed by atoms with E-state index in [0.29, 0.717) is 36.1 Å². The summed E-state index contributed by atoms with van der Waals surface area (Å²) in [5.41, 5.74) is 1.28. The Morgan fingerprint density at radius 2 is 1.70 bits per heavy atom. The molecule has 0 spiro atoms. The molecule has 0 aliphatic rings. The van der Waals surface area contributed by atoms with Gasteiger partial charge in [0.05, 0.1) is 6.10 Å². The Morgan fingerprint density at radius 3 is 2.39 bits per heavy atom. The number of benzene rings is 3. The predicted octanol–water partition coefficient (Wildman–Crippen LogP) is 5.66. The normalized spacial score (nSPS) is 13.0. The molecule has 0 radical (unpaired) electrons. The third-order valence-corrected chi connectivity index (χ3v) is 5.09. The lowest BCUT2D eigenvalue weighted by Gasteiger charge is -2.28. The number of anilines is 1. The summed E-state index contributed by atoms with van der Waals surface area (Å²) in [6, 6.07) is 19.6. The molecule has 2 atom stereocenters. The van der Waals surface area contributed by atoms with Crippen LogP contribution < -0.4 is 5.32 Å². The van der Waals surface area contributed by atoms with E-state index in [0.717, 1.165) is 11.5 Å². The number of carbonyl (C=O) groups is 2. The number of hydrogen-bond donors (Lipinski definition) is 3. The number of para-hydroxylation sites is 1. The second kappa shape index (κ2) is 11.7. The first-order valence-corrected chi connectivity index (χ1v) is 10.7. The van der Waals surface area contributed by atoms with Crippen LogP contribution in [-0.4, -0.2) is 35.0 Å². The summed E-state index contributed by atoms with van der Waals surface area (Å²) in [6.45, 7) is 2.22. The van der Waals surface area contributed by atoms with Crippen molar-refractivity contribution in [2.75, 3.05) is 11.9 Å². The second-order valence-electron chi connectivity index (χ2n) is 7.35. The largest absolute Gasteiger partial charge is 0.507 e. The molecule has 3 rings (SSSR count). The van der Waals surface area contributed by atoms with E-state index in [-0.39, 0.29) is 5.75 Å². The molecule has 0 aromatic heterocycles. The number of allylic oxidation sites excluding steroid dienone is 1. The maximum atomic E-state index is 12.8. The molecule has 0 unspecified atom stereocenters. The van der Waals surface area contributed by atoms with Crippen molar-refractivity contribution in [3.8, 4) is 5.75 Å². The number of aliphatic carboxylic acids is 1. The maximum Gasteiger partial charge on any atom is 0.412 e. The van der Waals surface area contributed by atoms with Gasteiger partial charge in [0, 0.05) is 29.3 Å². The summed E-state index contributed by atoms with van der Waals surface area (Å²) < 4.78 is 11.8. The molecule has 0 fully saturated rings. The van der Waals surface area contributed by atoms with Gasteiger partial charge in [0.1, 0.15) is 5.75 Å². The van der Waals surface area contributed by atoms with E-state index in [9.17, 15) is 14.7 Å². The van der Waals surface area contributed by atoms with E-state index >= 15 is 0 Å². The number of ether oxygens (including phenoxy) is 2. The molecule has 3 N–H and O–H groups in total. The van der Waals surface area contributed by atoms with Gasteiger partial charge in [-0.05, 0) is 43.4 Å². The number of carbonyl (C=O) groups excluding carboxylic acids is 1. The van der Waals surface area contributed by atoms with E-state index in [4.69, 9.17) is 14.6 Å². The van der Waals surface area contributed by atoms with Gasteiger partial charge in [-0.15, -0.1) is 0 Å². The lowest BCUT2D eigenvalue weighted by molar-refractivity contribution is -0.131. The molecular formula is C26H27NO6. The van der Waals surface area contributed by atoms with Gasteiger partial charge in [-0.25, -0.2) is 9.59 Å². The van der Waals surface area contributed by atoms with E-state index in [1.165, 1.54) is 0 Å². The quantitative estimate of drug-likeness (QED) is 0.345. The minimum atomic E-state index is -1.03. The van der Waals surface area contributed by atoms with Crippen LogP contribution in [-0.2, 0) is 14.3 Å². The number of phenols is 1. The molecule has 0 bridgehead atoms. The maximum absolute atomic E-state index is 12.8. The van der Waals surface area contributed by atoms with Crippen LogP contribution in [0.1, 0.15) is 31.4 Å². The van der Waals surface area contributed by atoms with Crippen molar-refractivity contribution in [3.63, 3.8) is 0 Å². The van der Waals surface area contributed by atoms with E-state index in [1.807, 2.05) is 31.2 Å². The number of aromatic hydroxyl groups is 1. The Morgan fingerprint density at radius 1 is 1.00 bits per heavy atom. The molecule has 0 aliphatic heterocycles. The van der Waals surface area contributed by atoms with Crippen molar-refractivity contribution in [2.45, 2.75) is 32.0 Å². The summed E-state index contributed by atoms with van der Waals surface area (Å²) in [4.78, 5) is 23.6. The van der Waals surface area contributed by atoms with Crippen LogP contribution in [0.3, 0.4) is 0 Å². The van der Waals surface area contributed by atoms with Crippen LogP contribution in [0.2, 0.25) is 0 Å². The Bertz CT molecular complexity index is 1110. The van der Waals surface area contributed by atoms with Crippen LogP contribution in [0.25, 0.3) is 10.8 Å². The summed E-state index contributed by atoms with van der Waals surface area (Å²) in [5, 5.41) is 23.3. The van der Waals surface area contributed by atoms with Gasteiger partial charge in [0.15, 0.2) is 6.10 Å². The fraction of sp³-hybridized carbons (Fsp3) is 0.231. The molecule has 3 aromatic carbocycles. The van der Waals surface area contributed by atoms with Crippen LogP contribution in [0.15, 0.2) is 78.9 Å². The molecule has 1 amide bonds. The number of phenolic OH excluding ortho intramolecular Hbond substituents is 1. The average molecular weight is 450 g/mol. The Kier molecular flexibility index (Phi) is 8.43. The van der Waals surface area contributed by atoms with Crippen molar-refractivity contribution in [2.24, 2.45) is 0 Å². The topological polar surface area (TPSA) is 105 Å². The molecule has 7 heteroatoms. The SMILES string of the molecule is CCO[C@H](CC/C=C/C(=O)O)[C@H](OC(=O)Nc1ccccc1)c1ccc(O)c2ccccc12. The zero-order chi connectivity index (χ0) is 23.6. The van der Waals surface area contributed by atoms with Gasteiger partial charge >= 0.3 is 12.1 Å². The van der Waals surface area contributed by atoms with Gasteiger partial charge in [-0.3, -0.25) is 5.32 Å². The lowest BCUT2D eigenvalue weighted by Crippen LogP contribution is -2.29. The predicted molar refractivity (Wildman–Crippen MR) is 126 cm³/mol. The van der Waals surface area contributed by atoms with Gasteiger partial charge < -0.3 is 19.7 Å². The van der Waals surface area contributed by atoms with Crippen molar-refractivity contribution in [1.82, 2.24) is 0 Å². The molecule has 0 saturated carbocycles. The highest BCUT2D eigenvalue weighted by atomic mass is 16.6. The van der Waals surface area contributed by atoms with Crippen molar-refractivity contribution >= 4 is 28.5 Å². The first kappa shape index (κ1) is 23.8. The standard InChI is InChI=1S/C26H27NO6/c1-2-32-23(14-8-9-15-24(29)30)25(33-26(31)27-18-10-4-3-5-11-18)21-16-17-22(28)20-13-7-6-12-19(20)21/h3-7,9-13,15-17,23,25,28H,2,8,14H2,1H3,(H,27,31)(H,29,30)/b15-9+/t23-,25-/m1/s1. The Balaban J connectivity index is 1.95. The highest BCUT2D eigenvalue weighted by molar-refractivity contribution is 5.91. The number of amides is 1. The van der Waals surface area contributed by atoms with Gasteiger partial charge in [0.25, 0.3) is 0 Å². The fourth-order valence-electron chi connectivity index (χ4n) is 3.66. The molecule has 0 aliphatic carbocycles. The Labute approximate surface area is 192 Å². The summed E-state index contributed by atoms with van der Waals surface area (Å²) >= 11 is 0. The molecule has 0 saturated heterocycles. The minimum absolute atomic E-state index is 0.124. The number of rotatable bonds is 10. The molecule has 3 aromatic rings. The van der Waals surface area contributed by atoms with Crippen LogP contribution in [0, 0.1) is 0 Å². The number of fused-ring (bicyclic) bond motifs is 1. The molecule has 7 nitrogen and oxygen atoms in total. The zero-order valence-corrected chi connectivity index (χ0v) is 18.3. The van der Waals surface area contributed by atoms with E-state index in [2.05, 4.69) is 5.32 Å². The van der Waals surface area contributed by atoms with Gasteiger partial charge in [-0.1, -0.05) is 54.6 Å². The monoisotopic (exact) mass is 449 g/mol. The summed E-state index contributed by atoms with van der Waals surface area (Å²) in [7, 11) is 0. The van der Waals surface area contributed by atoms with Gasteiger partial charge in [-0.2, -0.15) is 0 Å². The lowest BCUT2D eigenvalue weighted by atomic mass is 9.94. The summed E-state index contributed by atoms with van der Waals surface area (Å²) in [6.07, 6.45) is 1.50. The van der Waals surface area contributed by atoms with E-state index < -0.39 is 24.3 Å². The van der Waals surface area contributed by atoms with Crippen LogP contribution >= 0.6 is 0 Å². The Hall–Kier alpha value is -3.84. The van der Waals surface area contributed by atoms with Gasteiger partial charge in [0.2, 0.25) is 0 Å². The minimum Gasteiger partial charge on any atom is -0.507 e. The number of hydrogen-bond acceptors (Lipinski definition) is 5. The second-order valence-corrected chi connectivity index (χ2v) is 7.35. The first-order valence-electron chi connectivity index (χ1n) is 10.7. The van der Waals surface area contributed by atoms with Crippen molar-refractivity contribution in [3.05, 3.63) is 84.4 Å². The highest BCUT2D eigenvalue weighted by Gasteiger charge is 2.29. The first-order chi connectivity index (χ1) is 16.0. The van der Waals surface area contributed by atoms with Crippen LogP contribution in [0.4, 0.5) is 10.5 Å².